The summed E-state index contributed by atoms with van der Waals surface area (Å²) in [6.07, 6.45) is 21.0. The van der Waals surface area contributed by atoms with Crippen molar-refractivity contribution in [2.75, 3.05) is 0 Å². The van der Waals surface area contributed by atoms with E-state index in [-0.39, 0.29) is 5.76 Å². The lowest BCUT2D eigenvalue weighted by Crippen LogP contribution is -2.25. The largest absolute Gasteiger partial charge is 0.508 e. The molecule has 0 aromatic carbocycles. The summed E-state index contributed by atoms with van der Waals surface area (Å²) in [4.78, 5) is 10.2. The molecule has 0 heterocycles. The molecule has 5 heteroatoms. The Hall–Kier alpha value is -2.37. The lowest BCUT2D eigenvalue weighted by molar-refractivity contribution is -0.131. The van der Waals surface area contributed by atoms with E-state index in [0.29, 0.717) is 19.3 Å². The summed E-state index contributed by atoms with van der Waals surface area (Å²) in [5.74, 6) is -0.979. The van der Waals surface area contributed by atoms with Crippen LogP contribution in [0.15, 0.2) is 72.6 Å². The van der Waals surface area contributed by atoms with Gasteiger partial charge in [-0.05, 0) is 31.4 Å². The first-order valence-corrected chi connectivity index (χ1v) is 9.30. The second-order valence-corrected chi connectivity index (χ2v) is 6.05. The molecule has 0 saturated carbocycles. The van der Waals surface area contributed by atoms with Gasteiger partial charge in [0.05, 0.1) is 12.2 Å². The van der Waals surface area contributed by atoms with Crippen molar-refractivity contribution in [3.63, 3.8) is 0 Å². The Kier molecular flexibility index (Phi) is 15.6. The lowest BCUT2D eigenvalue weighted by atomic mass is 10.0. The third kappa shape index (κ3) is 16.8. The van der Waals surface area contributed by atoms with Crippen LogP contribution in [0.4, 0.5) is 0 Å². The maximum Gasteiger partial charge on any atom is 0.328 e. The van der Waals surface area contributed by atoms with Crippen molar-refractivity contribution in [2.45, 2.75) is 57.7 Å². The monoisotopic (exact) mass is 376 g/mol. The zero-order valence-corrected chi connectivity index (χ0v) is 15.9. The Labute approximate surface area is 162 Å². The third-order valence-corrected chi connectivity index (χ3v) is 3.64. The van der Waals surface area contributed by atoms with Gasteiger partial charge in [-0.15, -0.1) is 0 Å². The van der Waals surface area contributed by atoms with Crippen LogP contribution in [0.5, 0.6) is 0 Å². The van der Waals surface area contributed by atoms with Gasteiger partial charge >= 0.3 is 5.97 Å². The van der Waals surface area contributed by atoms with Gasteiger partial charge in [-0.1, -0.05) is 74.8 Å². The first-order chi connectivity index (χ1) is 13.0. The van der Waals surface area contributed by atoms with Gasteiger partial charge in [0.25, 0.3) is 0 Å². The van der Waals surface area contributed by atoms with E-state index in [2.05, 4.69) is 6.92 Å². The molecule has 0 aromatic heterocycles. The molecule has 0 aliphatic heterocycles. The molecule has 0 aliphatic rings. The second kappa shape index (κ2) is 17.1. The van der Waals surface area contributed by atoms with Crippen molar-refractivity contribution in [2.24, 2.45) is 0 Å². The molecular weight excluding hydrogens is 344 g/mol. The molecule has 2 atom stereocenters. The zero-order valence-electron chi connectivity index (χ0n) is 15.9. The summed E-state index contributed by atoms with van der Waals surface area (Å²) >= 11 is 0. The van der Waals surface area contributed by atoms with E-state index in [1.807, 2.05) is 12.2 Å². The fourth-order valence-corrected chi connectivity index (χ4v) is 2.12. The Morgan fingerprint density at radius 1 is 0.815 bits per heavy atom. The predicted octanol–water partition coefficient (Wildman–Crippen LogP) is 4.38. The van der Waals surface area contributed by atoms with Crippen LogP contribution in [0, 0.1) is 0 Å². The quantitative estimate of drug-likeness (QED) is 0.156. The number of rotatable bonds is 14. The Balaban J connectivity index is 4.03. The molecule has 4 N–H and O–H groups in total. The SMILES string of the molecule is CCCCC[C@H](O)[C@H](O)CC/C=C/C=C\C=C\C(O)=C/C=C\C=C\C(=O)O. The van der Waals surface area contributed by atoms with Gasteiger partial charge in [0.1, 0.15) is 5.76 Å². The minimum absolute atomic E-state index is 0.0452. The van der Waals surface area contributed by atoms with Crippen LogP contribution in [-0.2, 0) is 4.79 Å². The van der Waals surface area contributed by atoms with Crippen molar-refractivity contribution >= 4 is 5.97 Å². The molecule has 27 heavy (non-hydrogen) atoms. The Morgan fingerprint density at radius 2 is 1.44 bits per heavy atom. The van der Waals surface area contributed by atoms with E-state index in [4.69, 9.17) is 5.11 Å². The number of carboxylic acids is 1. The van der Waals surface area contributed by atoms with E-state index in [1.54, 1.807) is 18.2 Å². The summed E-state index contributed by atoms with van der Waals surface area (Å²) in [7, 11) is 0. The van der Waals surface area contributed by atoms with Crippen molar-refractivity contribution < 1.29 is 25.2 Å². The average Bonchev–Trinajstić information content (AvgIpc) is 2.63. The molecule has 0 saturated heterocycles. The molecule has 0 bridgehead atoms. The van der Waals surface area contributed by atoms with Crippen LogP contribution in [0.25, 0.3) is 0 Å². The standard InChI is InChI=1S/C22H32O5/c1-2-3-9-16-20(24)21(25)17-12-7-5-4-6-10-14-19(23)15-11-8-13-18-22(26)27/h4-8,10-11,13-15,18,20-21,23-25H,2-3,9,12,16-17H2,1H3,(H,26,27)/b6-4-,7-5+,11-8-,14-10+,18-13+,19-15+/t20-,21+/m0/s1. The topological polar surface area (TPSA) is 98.0 Å². The minimum Gasteiger partial charge on any atom is -0.508 e. The number of hydrogen-bond donors (Lipinski definition) is 4. The number of carbonyl (C=O) groups is 1. The number of aliphatic hydroxyl groups excluding tert-OH is 3. The van der Waals surface area contributed by atoms with Gasteiger partial charge in [0.2, 0.25) is 0 Å². The highest BCUT2D eigenvalue weighted by Crippen LogP contribution is 2.11. The van der Waals surface area contributed by atoms with Gasteiger partial charge < -0.3 is 20.4 Å². The van der Waals surface area contributed by atoms with Crippen LogP contribution >= 0.6 is 0 Å². The third-order valence-electron chi connectivity index (χ3n) is 3.64. The maximum atomic E-state index is 10.2. The number of carboxylic acid groups (broad SMARTS) is 1. The summed E-state index contributed by atoms with van der Waals surface area (Å²) in [6, 6.07) is 0. The van der Waals surface area contributed by atoms with Gasteiger partial charge in [0, 0.05) is 6.08 Å². The normalized spacial score (nSPS) is 15.7. The smallest absolute Gasteiger partial charge is 0.328 e. The number of aliphatic hydroxyl groups is 3. The summed E-state index contributed by atoms with van der Waals surface area (Å²) < 4.78 is 0. The number of aliphatic carboxylic acids is 1. The molecular formula is C22H32O5. The van der Waals surface area contributed by atoms with Crippen LogP contribution in [-0.4, -0.2) is 38.6 Å². The van der Waals surface area contributed by atoms with E-state index in [9.17, 15) is 20.1 Å². The van der Waals surface area contributed by atoms with Crippen molar-refractivity contribution in [3.05, 3.63) is 72.6 Å². The van der Waals surface area contributed by atoms with Crippen molar-refractivity contribution in [3.8, 4) is 0 Å². The molecule has 0 aliphatic carbocycles. The van der Waals surface area contributed by atoms with Gasteiger partial charge in [-0.25, -0.2) is 4.79 Å². The second-order valence-electron chi connectivity index (χ2n) is 6.05. The zero-order chi connectivity index (χ0) is 20.3. The van der Waals surface area contributed by atoms with Crippen LogP contribution < -0.4 is 0 Å². The lowest BCUT2D eigenvalue weighted by Gasteiger charge is -2.16. The predicted molar refractivity (Wildman–Crippen MR) is 109 cm³/mol. The molecule has 0 rings (SSSR count). The average molecular weight is 376 g/mol. The molecule has 0 spiro atoms. The van der Waals surface area contributed by atoms with E-state index < -0.39 is 18.2 Å². The number of unbranched alkanes of at least 4 members (excludes halogenated alkanes) is 2. The van der Waals surface area contributed by atoms with Crippen LogP contribution in [0.1, 0.15) is 45.4 Å². The highest BCUT2D eigenvalue weighted by atomic mass is 16.4. The van der Waals surface area contributed by atoms with Crippen LogP contribution in [0.3, 0.4) is 0 Å². The molecule has 150 valence electrons. The molecule has 5 nitrogen and oxygen atoms in total. The molecule has 0 amide bonds. The molecule has 0 unspecified atom stereocenters. The van der Waals surface area contributed by atoms with Crippen LogP contribution in [0.2, 0.25) is 0 Å². The fourth-order valence-electron chi connectivity index (χ4n) is 2.12. The van der Waals surface area contributed by atoms with Gasteiger partial charge in [-0.2, -0.15) is 0 Å². The first-order valence-electron chi connectivity index (χ1n) is 9.30. The molecule has 0 radical (unpaired) electrons. The van der Waals surface area contributed by atoms with E-state index in [1.165, 1.54) is 30.4 Å². The summed E-state index contributed by atoms with van der Waals surface area (Å²) in [5.41, 5.74) is 0. The molecule has 0 aromatic rings. The van der Waals surface area contributed by atoms with E-state index >= 15 is 0 Å². The first kappa shape index (κ1) is 24.6. The maximum absolute atomic E-state index is 10.2. The summed E-state index contributed by atoms with van der Waals surface area (Å²) in [6.45, 7) is 2.10. The van der Waals surface area contributed by atoms with Crippen molar-refractivity contribution in [1.29, 1.82) is 0 Å². The van der Waals surface area contributed by atoms with Gasteiger partial charge in [0.15, 0.2) is 0 Å². The van der Waals surface area contributed by atoms with E-state index in [0.717, 1.165) is 25.3 Å². The van der Waals surface area contributed by atoms with Gasteiger partial charge in [-0.3, -0.25) is 0 Å². The minimum atomic E-state index is -1.02. The number of allylic oxidation sites excluding steroid dienone is 10. The number of hydrogen-bond acceptors (Lipinski definition) is 4. The Bertz CT molecular complexity index is 567. The highest BCUT2D eigenvalue weighted by Gasteiger charge is 2.14. The highest BCUT2D eigenvalue weighted by molar-refractivity contribution is 5.80. The Morgan fingerprint density at radius 3 is 2.15 bits per heavy atom. The molecule has 0 fully saturated rings. The summed E-state index contributed by atoms with van der Waals surface area (Å²) in [5, 5.41) is 37.7. The van der Waals surface area contributed by atoms with Crippen molar-refractivity contribution in [1.82, 2.24) is 0 Å². The fraction of sp³-hybridized carbons (Fsp3) is 0.409.